The fourth-order valence-corrected chi connectivity index (χ4v) is 2.73. The number of nitrogens with two attached hydrogens (primary N) is 1. The number of ether oxygens (including phenoxy) is 1. The molecule has 0 saturated heterocycles. The maximum atomic E-state index is 12.7. The Bertz CT molecular complexity index is 728. The number of rotatable bonds is 7. The van der Waals surface area contributed by atoms with Crippen LogP contribution in [0.4, 0.5) is 11.4 Å². The van der Waals surface area contributed by atoms with Crippen LogP contribution in [0.1, 0.15) is 50.7 Å². The summed E-state index contributed by atoms with van der Waals surface area (Å²) in [6, 6.07) is 13.4. The predicted octanol–water partition coefficient (Wildman–Crippen LogP) is 4.89. The second-order valence-corrected chi connectivity index (χ2v) is 6.43. The number of amides is 1. The lowest BCUT2D eigenvalue weighted by molar-refractivity contribution is -0.122. The zero-order valence-electron chi connectivity index (χ0n) is 15.5. The van der Waals surface area contributed by atoms with Gasteiger partial charge >= 0.3 is 0 Å². The highest BCUT2D eigenvalue weighted by molar-refractivity contribution is 5.95. The zero-order chi connectivity index (χ0) is 18.4. The molecule has 2 aromatic carbocycles. The van der Waals surface area contributed by atoms with E-state index < -0.39 is 6.10 Å². The number of hydrogen-bond donors (Lipinski definition) is 2. The van der Waals surface area contributed by atoms with Gasteiger partial charge in [-0.3, -0.25) is 4.79 Å². The fourth-order valence-electron chi connectivity index (χ4n) is 2.73. The molecule has 134 valence electrons. The van der Waals surface area contributed by atoms with Crippen molar-refractivity contribution in [2.24, 2.45) is 0 Å². The highest BCUT2D eigenvalue weighted by Crippen LogP contribution is 2.29. The fraction of sp³-hybridized carbons (Fsp3) is 0.381. The summed E-state index contributed by atoms with van der Waals surface area (Å²) >= 11 is 0. The van der Waals surface area contributed by atoms with Gasteiger partial charge in [0, 0.05) is 11.4 Å². The molecule has 0 bridgehead atoms. The lowest BCUT2D eigenvalue weighted by Gasteiger charge is -2.21. The summed E-state index contributed by atoms with van der Waals surface area (Å²) < 4.78 is 6.08. The molecule has 0 aromatic heterocycles. The summed E-state index contributed by atoms with van der Waals surface area (Å²) in [5, 5.41) is 2.95. The number of anilines is 2. The SMILES string of the molecule is CC[C@H](Oc1ccccc1[C@H](C)CC)C(=O)Nc1ccc(N)cc1C. The molecular weight excluding hydrogens is 312 g/mol. The van der Waals surface area contributed by atoms with Gasteiger partial charge in [-0.05, 0) is 61.1 Å². The topological polar surface area (TPSA) is 64.3 Å². The van der Waals surface area contributed by atoms with Crippen LogP contribution in [0.2, 0.25) is 0 Å². The van der Waals surface area contributed by atoms with Crippen molar-refractivity contribution in [2.75, 3.05) is 11.1 Å². The van der Waals surface area contributed by atoms with E-state index in [4.69, 9.17) is 10.5 Å². The minimum atomic E-state index is -0.540. The number of nitrogen functional groups attached to an aromatic ring is 1. The molecule has 0 aliphatic carbocycles. The predicted molar refractivity (Wildman–Crippen MR) is 104 cm³/mol. The third kappa shape index (κ3) is 4.75. The summed E-state index contributed by atoms with van der Waals surface area (Å²) in [7, 11) is 0. The Balaban J connectivity index is 2.16. The van der Waals surface area contributed by atoms with Gasteiger partial charge in [-0.25, -0.2) is 0 Å². The molecule has 0 aliphatic heterocycles. The molecule has 0 unspecified atom stereocenters. The first kappa shape index (κ1) is 18.8. The minimum absolute atomic E-state index is 0.144. The number of carbonyl (C=O) groups excluding carboxylic acids is 1. The van der Waals surface area contributed by atoms with E-state index >= 15 is 0 Å². The molecule has 0 spiro atoms. The van der Waals surface area contributed by atoms with Crippen LogP contribution in [0.15, 0.2) is 42.5 Å². The van der Waals surface area contributed by atoms with Crippen LogP contribution in [0.25, 0.3) is 0 Å². The van der Waals surface area contributed by atoms with Gasteiger partial charge in [0.05, 0.1) is 0 Å². The molecule has 25 heavy (non-hydrogen) atoms. The first-order valence-electron chi connectivity index (χ1n) is 8.88. The number of benzene rings is 2. The lowest BCUT2D eigenvalue weighted by atomic mass is 9.98. The first-order chi connectivity index (χ1) is 12.0. The van der Waals surface area contributed by atoms with E-state index in [0.29, 0.717) is 18.0 Å². The second kappa shape index (κ2) is 8.56. The average molecular weight is 340 g/mol. The zero-order valence-corrected chi connectivity index (χ0v) is 15.5. The molecule has 0 aliphatic rings. The Kier molecular flexibility index (Phi) is 6.45. The summed E-state index contributed by atoms with van der Waals surface area (Å²) in [4.78, 5) is 12.7. The van der Waals surface area contributed by atoms with E-state index in [0.717, 1.165) is 29.0 Å². The molecule has 0 saturated carbocycles. The van der Waals surface area contributed by atoms with Gasteiger partial charge in [0.25, 0.3) is 5.91 Å². The maximum absolute atomic E-state index is 12.7. The minimum Gasteiger partial charge on any atom is -0.480 e. The van der Waals surface area contributed by atoms with E-state index in [1.54, 1.807) is 6.07 Å². The van der Waals surface area contributed by atoms with Crippen molar-refractivity contribution in [1.82, 2.24) is 0 Å². The van der Waals surface area contributed by atoms with Crippen molar-refractivity contribution >= 4 is 17.3 Å². The van der Waals surface area contributed by atoms with Gasteiger partial charge in [0.15, 0.2) is 6.10 Å². The highest BCUT2D eigenvalue weighted by atomic mass is 16.5. The van der Waals surface area contributed by atoms with Crippen LogP contribution in [-0.2, 0) is 4.79 Å². The van der Waals surface area contributed by atoms with Crippen molar-refractivity contribution in [3.05, 3.63) is 53.6 Å². The average Bonchev–Trinajstić information content (AvgIpc) is 2.61. The molecular formula is C21H28N2O2. The van der Waals surface area contributed by atoms with E-state index in [1.165, 1.54) is 0 Å². The van der Waals surface area contributed by atoms with Gasteiger partial charge in [0.2, 0.25) is 0 Å². The first-order valence-corrected chi connectivity index (χ1v) is 8.88. The van der Waals surface area contributed by atoms with Crippen LogP contribution in [0, 0.1) is 6.92 Å². The molecule has 0 radical (unpaired) electrons. The van der Waals surface area contributed by atoms with E-state index in [1.807, 2.05) is 44.2 Å². The van der Waals surface area contributed by atoms with Crippen molar-refractivity contribution < 1.29 is 9.53 Å². The van der Waals surface area contributed by atoms with E-state index in [9.17, 15) is 4.79 Å². The quantitative estimate of drug-likeness (QED) is 0.706. The molecule has 4 nitrogen and oxygen atoms in total. The Morgan fingerprint density at radius 2 is 1.88 bits per heavy atom. The molecule has 0 heterocycles. The van der Waals surface area contributed by atoms with Crippen molar-refractivity contribution in [3.63, 3.8) is 0 Å². The van der Waals surface area contributed by atoms with Crippen LogP contribution in [-0.4, -0.2) is 12.0 Å². The number of nitrogens with one attached hydrogen (secondary N) is 1. The molecule has 2 aromatic rings. The monoisotopic (exact) mass is 340 g/mol. The van der Waals surface area contributed by atoms with E-state index in [2.05, 4.69) is 25.2 Å². The molecule has 1 amide bonds. The number of carbonyl (C=O) groups is 1. The standard InChI is InChI=1S/C21H28N2O2/c1-5-14(3)17-9-7-8-10-20(17)25-19(6-2)21(24)23-18-12-11-16(22)13-15(18)4/h7-14,19H,5-6,22H2,1-4H3,(H,23,24)/t14-,19+/m1/s1. The largest absolute Gasteiger partial charge is 0.480 e. The van der Waals surface area contributed by atoms with Gasteiger partial charge < -0.3 is 15.8 Å². The van der Waals surface area contributed by atoms with Gasteiger partial charge in [-0.1, -0.05) is 39.0 Å². The van der Waals surface area contributed by atoms with E-state index in [-0.39, 0.29) is 5.91 Å². The van der Waals surface area contributed by atoms with Crippen molar-refractivity contribution in [3.8, 4) is 5.75 Å². The number of hydrogen-bond acceptors (Lipinski definition) is 3. The second-order valence-electron chi connectivity index (χ2n) is 6.43. The maximum Gasteiger partial charge on any atom is 0.265 e. The van der Waals surface area contributed by atoms with Crippen molar-refractivity contribution in [2.45, 2.75) is 52.6 Å². The number of para-hydroxylation sites is 1. The summed E-state index contributed by atoms with van der Waals surface area (Å²) in [6.07, 6.45) is 1.07. The summed E-state index contributed by atoms with van der Waals surface area (Å²) in [5.74, 6) is 1.03. The van der Waals surface area contributed by atoms with Gasteiger partial charge in [0.1, 0.15) is 5.75 Å². The Morgan fingerprint density at radius 1 is 1.16 bits per heavy atom. The van der Waals surface area contributed by atoms with Crippen LogP contribution in [0.5, 0.6) is 5.75 Å². The smallest absolute Gasteiger partial charge is 0.265 e. The molecule has 2 rings (SSSR count). The van der Waals surface area contributed by atoms with Crippen molar-refractivity contribution in [1.29, 1.82) is 0 Å². The Hall–Kier alpha value is -2.49. The van der Waals surface area contributed by atoms with Gasteiger partial charge in [-0.2, -0.15) is 0 Å². The summed E-state index contributed by atoms with van der Waals surface area (Å²) in [5.41, 5.74) is 9.28. The normalized spacial score (nSPS) is 13.1. The van der Waals surface area contributed by atoms with Crippen LogP contribution >= 0.6 is 0 Å². The molecule has 3 N–H and O–H groups in total. The van der Waals surface area contributed by atoms with Crippen LogP contribution in [0.3, 0.4) is 0 Å². The number of aryl methyl sites for hydroxylation is 1. The highest BCUT2D eigenvalue weighted by Gasteiger charge is 2.21. The summed E-state index contributed by atoms with van der Waals surface area (Å²) in [6.45, 7) is 8.19. The third-order valence-electron chi connectivity index (χ3n) is 4.50. The Morgan fingerprint density at radius 3 is 2.52 bits per heavy atom. The Labute approximate surface area is 150 Å². The third-order valence-corrected chi connectivity index (χ3v) is 4.50. The van der Waals surface area contributed by atoms with Crippen LogP contribution < -0.4 is 15.8 Å². The molecule has 0 fully saturated rings. The molecule has 2 atom stereocenters. The lowest BCUT2D eigenvalue weighted by Crippen LogP contribution is -2.33. The van der Waals surface area contributed by atoms with Gasteiger partial charge in [-0.15, -0.1) is 0 Å². The molecule has 4 heteroatoms.